The monoisotopic (exact) mass is 201 g/mol. The Hall–Kier alpha value is -0.570. The third-order valence-electron chi connectivity index (χ3n) is 2.03. The Kier molecular flexibility index (Phi) is 5.71. The molecule has 0 saturated carbocycles. The molecule has 0 radical (unpaired) electrons. The molecule has 0 saturated heterocycles. The molecule has 0 aliphatic heterocycles. The molecule has 2 nitrogen and oxygen atoms in total. The number of aliphatic hydroxyl groups is 1. The van der Waals surface area contributed by atoms with Crippen LogP contribution in [-0.4, -0.2) is 11.7 Å². The molecular weight excluding hydrogens is 186 g/mol. The van der Waals surface area contributed by atoms with Crippen LogP contribution in [0.3, 0.4) is 0 Å². The van der Waals surface area contributed by atoms with Gasteiger partial charge in [-0.1, -0.05) is 31.2 Å². The quantitative estimate of drug-likeness (QED) is 0.782. The Morgan fingerprint density at radius 2 is 2.00 bits per heavy atom. The lowest BCUT2D eigenvalue weighted by Crippen LogP contribution is -2.16. The van der Waals surface area contributed by atoms with Crippen LogP contribution < -0.4 is 5.73 Å². The Bertz CT molecular complexity index is 252. The highest BCUT2D eigenvalue weighted by Crippen LogP contribution is 2.15. The molecule has 0 amide bonds. The maximum Gasteiger partial charge on any atom is 0.0624 e. The standard InChI is InChI=1S/C10H15NO.ClH/c1-2-8-5-3-4-6-9(8)10(11)7-12;/h3-6,10,12H,2,7,11H2,1H3;1H/t10-;/m1./s1. The lowest BCUT2D eigenvalue weighted by Gasteiger charge is -2.12. The predicted molar refractivity (Wildman–Crippen MR) is 57.1 cm³/mol. The number of hydrogen-bond donors (Lipinski definition) is 2. The molecule has 0 unspecified atom stereocenters. The van der Waals surface area contributed by atoms with Gasteiger partial charge in [0.1, 0.15) is 0 Å². The van der Waals surface area contributed by atoms with Crippen LogP contribution in [0.5, 0.6) is 0 Å². The fraction of sp³-hybridized carbons (Fsp3) is 0.400. The average molecular weight is 202 g/mol. The first-order valence-electron chi connectivity index (χ1n) is 4.23. The minimum atomic E-state index is -0.235. The molecule has 0 fully saturated rings. The number of benzene rings is 1. The summed E-state index contributed by atoms with van der Waals surface area (Å²) >= 11 is 0. The normalized spacial score (nSPS) is 11.9. The van der Waals surface area contributed by atoms with Crippen molar-refractivity contribution in [3.63, 3.8) is 0 Å². The van der Waals surface area contributed by atoms with Gasteiger partial charge in [0.15, 0.2) is 0 Å². The van der Waals surface area contributed by atoms with Crippen molar-refractivity contribution in [2.24, 2.45) is 5.73 Å². The number of rotatable bonds is 3. The van der Waals surface area contributed by atoms with Crippen molar-refractivity contribution >= 4 is 12.4 Å². The van der Waals surface area contributed by atoms with E-state index in [0.717, 1.165) is 12.0 Å². The van der Waals surface area contributed by atoms with Crippen LogP contribution in [0.1, 0.15) is 24.1 Å². The molecular formula is C10H16ClNO. The van der Waals surface area contributed by atoms with Crippen LogP contribution in [0.25, 0.3) is 0 Å². The molecule has 74 valence electrons. The molecule has 0 aliphatic carbocycles. The van der Waals surface area contributed by atoms with E-state index in [9.17, 15) is 0 Å². The average Bonchev–Trinajstić information content (AvgIpc) is 2.16. The Labute approximate surface area is 85.2 Å². The van der Waals surface area contributed by atoms with E-state index in [0.29, 0.717) is 0 Å². The number of aryl methyl sites for hydroxylation is 1. The third kappa shape index (κ3) is 2.99. The van der Waals surface area contributed by atoms with E-state index >= 15 is 0 Å². The number of hydrogen-bond acceptors (Lipinski definition) is 2. The molecule has 0 heterocycles. The van der Waals surface area contributed by atoms with Gasteiger partial charge in [-0.3, -0.25) is 0 Å². The highest BCUT2D eigenvalue weighted by atomic mass is 35.5. The van der Waals surface area contributed by atoms with Crippen molar-refractivity contribution in [3.8, 4) is 0 Å². The van der Waals surface area contributed by atoms with Gasteiger partial charge in [0.05, 0.1) is 12.6 Å². The number of nitrogens with two attached hydrogens (primary N) is 1. The van der Waals surface area contributed by atoms with Crippen LogP contribution in [-0.2, 0) is 6.42 Å². The summed E-state index contributed by atoms with van der Waals surface area (Å²) in [6.07, 6.45) is 0.962. The molecule has 1 aromatic carbocycles. The van der Waals surface area contributed by atoms with E-state index in [1.807, 2.05) is 24.3 Å². The van der Waals surface area contributed by atoms with Gasteiger partial charge in [-0.2, -0.15) is 0 Å². The second-order valence-corrected chi connectivity index (χ2v) is 2.84. The second-order valence-electron chi connectivity index (χ2n) is 2.84. The van der Waals surface area contributed by atoms with E-state index in [1.54, 1.807) is 0 Å². The molecule has 0 spiro atoms. The summed E-state index contributed by atoms with van der Waals surface area (Å²) in [5.74, 6) is 0. The molecule has 1 rings (SSSR count). The fourth-order valence-electron chi connectivity index (χ4n) is 1.32. The largest absolute Gasteiger partial charge is 0.394 e. The molecule has 3 heteroatoms. The predicted octanol–water partition coefficient (Wildman–Crippen LogP) is 1.66. The Morgan fingerprint density at radius 1 is 1.38 bits per heavy atom. The maximum absolute atomic E-state index is 8.88. The van der Waals surface area contributed by atoms with Crippen molar-refractivity contribution in [1.29, 1.82) is 0 Å². The van der Waals surface area contributed by atoms with Gasteiger partial charge in [0.2, 0.25) is 0 Å². The number of aliphatic hydroxyl groups excluding tert-OH is 1. The van der Waals surface area contributed by atoms with Gasteiger partial charge in [0, 0.05) is 0 Å². The van der Waals surface area contributed by atoms with Crippen molar-refractivity contribution in [3.05, 3.63) is 35.4 Å². The van der Waals surface area contributed by atoms with Gasteiger partial charge in [-0.05, 0) is 17.5 Å². The zero-order chi connectivity index (χ0) is 8.97. The second kappa shape index (κ2) is 5.97. The summed E-state index contributed by atoms with van der Waals surface area (Å²) in [5.41, 5.74) is 8.00. The van der Waals surface area contributed by atoms with E-state index in [4.69, 9.17) is 10.8 Å². The van der Waals surface area contributed by atoms with E-state index < -0.39 is 0 Å². The Morgan fingerprint density at radius 3 is 2.54 bits per heavy atom. The van der Waals surface area contributed by atoms with Gasteiger partial charge in [-0.15, -0.1) is 12.4 Å². The zero-order valence-electron chi connectivity index (χ0n) is 7.73. The molecule has 0 aromatic heterocycles. The first-order valence-corrected chi connectivity index (χ1v) is 4.23. The summed E-state index contributed by atoms with van der Waals surface area (Å²) in [6.45, 7) is 2.10. The van der Waals surface area contributed by atoms with E-state index in [1.165, 1.54) is 5.56 Å². The molecule has 0 aliphatic rings. The molecule has 0 bridgehead atoms. The lowest BCUT2D eigenvalue weighted by molar-refractivity contribution is 0.267. The van der Waals surface area contributed by atoms with Gasteiger partial charge >= 0.3 is 0 Å². The van der Waals surface area contributed by atoms with Crippen LogP contribution >= 0.6 is 12.4 Å². The smallest absolute Gasteiger partial charge is 0.0624 e. The lowest BCUT2D eigenvalue weighted by atomic mass is 10.00. The van der Waals surface area contributed by atoms with Crippen LogP contribution in [0.2, 0.25) is 0 Å². The highest BCUT2D eigenvalue weighted by Gasteiger charge is 2.06. The molecule has 3 N–H and O–H groups in total. The third-order valence-corrected chi connectivity index (χ3v) is 2.03. The van der Waals surface area contributed by atoms with Crippen molar-refractivity contribution in [2.45, 2.75) is 19.4 Å². The summed E-state index contributed by atoms with van der Waals surface area (Å²) in [7, 11) is 0. The molecule has 1 aromatic rings. The van der Waals surface area contributed by atoms with E-state index in [-0.39, 0.29) is 25.1 Å². The first kappa shape index (κ1) is 12.4. The minimum Gasteiger partial charge on any atom is -0.394 e. The van der Waals surface area contributed by atoms with E-state index in [2.05, 4.69) is 6.92 Å². The fourth-order valence-corrected chi connectivity index (χ4v) is 1.32. The van der Waals surface area contributed by atoms with Gasteiger partial charge < -0.3 is 10.8 Å². The van der Waals surface area contributed by atoms with Crippen LogP contribution in [0.15, 0.2) is 24.3 Å². The summed E-state index contributed by atoms with van der Waals surface area (Å²) in [4.78, 5) is 0. The van der Waals surface area contributed by atoms with Gasteiger partial charge in [0.25, 0.3) is 0 Å². The molecule has 1 atom stereocenters. The van der Waals surface area contributed by atoms with Crippen molar-refractivity contribution in [1.82, 2.24) is 0 Å². The molecule has 13 heavy (non-hydrogen) atoms. The first-order chi connectivity index (χ1) is 5.79. The SMILES string of the molecule is CCc1ccccc1[C@H](N)CO.Cl. The minimum absolute atomic E-state index is 0. The van der Waals surface area contributed by atoms with Crippen molar-refractivity contribution < 1.29 is 5.11 Å². The summed E-state index contributed by atoms with van der Waals surface area (Å²) in [6, 6.07) is 7.72. The zero-order valence-corrected chi connectivity index (χ0v) is 8.55. The summed E-state index contributed by atoms with van der Waals surface area (Å²) < 4.78 is 0. The summed E-state index contributed by atoms with van der Waals surface area (Å²) in [5, 5.41) is 8.88. The van der Waals surface area contributed by atoms with Crippen LogP contribution in [0.4, 0.5) is 0 Å². The van der Waals surface area contributed by atoms with Gasteiger partial charge in [-0.25, -0.2) is 0 Å². The Balaban J connectivity index is 0.00000144. The number of halogens is 1. The van der Waals surface area contributed by atoms with Crippen molar-refractivity contribution in [2.75, 3.05) is 6.61 Å². The highest BCUT2D eigenvalue weighted by molar-refractivity contribution is 5.85. The maximum atomic E-state index is 8.88. The topological polar surface area (TPSA) is 46.2 Å². The van der Waals surface area contributed by atoms with Crippen LogP contribution in [0, 0.1) is 0 Å².